The molecule has 7 rings (SSSR count). The zero-order valence-corrected chi connectivity index (χ0v) is 25.6. The molecule has 2 heterocycles. The summed E-state index contributed by atoms with van der Waals surface area (Å²) in [5.74, 6) is 1.34. The molecule has 1 N–H and O–H groups in total. The Labute approximate surface area is 265 Å². The van der Waals surface area contributed by atoms with Crippen LogP contribution in [0.2, 0.25) is 0 Å². The maximum absolute atomic E-state index is 14.7. The standard InChI is InChI=1S/C39H39N5O/c45-39-43(28-32-17-7-8-18-34(32)30-13-3-1-4-14-30)42-38(31-15-5-2-6-16-31)35-19-9-10-20-36(35)44(39)33-24-22-29(23-25-33)12-11-21-37-40-26-27-41-37/h1,3-4,7-10,13-14,17-20,22-27,31H,2,5-6,11-12,15-16,21,28H2,(H,40,41). The number of carbonyl (C=O) groups excluding carboxylic acids is 1. The summed E-state index contributed by atoms with van der Waals surface area (Å²) in [4.78, 5) is 24.1. The fourth-order valence-corrected chi connectivity index (χ4v) is 6.79. The predicted molar refractivity (Wildman–Crippen MR) is 182 cm³/mol. The van der Waals surface area contributed by atoms with Crippen molar-refractivity contribution in [1.82, 2.24) is 15.0 Å². The van der Waals surface area contributed by atoms with Crippen LogP contribution in [0.4, 0.5) is 16.2 Å². The second-order valence-electron chi connectivity index (χ2n) is 12.1. The van der Waals surface area contributed by atoms with Crippen LogP contribution in [0.5, 0.6) is 0 Å². The molecule has 2 amide bonds. The number of aromatic nitrogens is 2. The SMILES string of the molecule is O=C1N(Cc2ccccc2-c2ccccc2)N=C(C2CCCCC2)c2ccccc2N1c1ccc(CCCc2ncc[nH]2)cc1. The summed E-state index contributed by atoms with van der Waals surface area (Å²) in [5, 5.41) is 6.97. The van der Waals surface area contributed by atoms with E-state index in [-0.39, 0.29) is 6.03 Å². The number of hydrogen-bond acceptors (Lipinski definition) is 3. The van der Waals surface area contributed by atoms with Gasteiger partial charge in [0.15, 0.2) is 0 Å². The Hall–Kier alpha value is -4.97. The number of hydrazone groups is 1. The largest absolute Gasteiger partial charge is 0.349 e. The van der Waals surface area contributed by atoms with Crippen LogP contribution in [0, 0.1) is 5.92 Å². The molecule has 226 valence electrons. The van der Waals surface area contributed by atoms with E-state index in [0.717, 1.165) is 77.3 Å². The van der Waals surface area contributed by atoms with Gasteiger partial charge in [0.05, 0.1) is 23.6 Å². The molecule has 1 aromatic heterocycles. The van der Waals surface area contributed by atoms with Gasteiger partial charge in [-0.1, -0.05) is 104 Å². The van der Waals surface area contributed by atoms with Gasteiger partial charge < -0.3 is 4.98 Å². The van der Waals surface area contributed by atoms with Crippen LogP contribution in [0.3, 0.4) is 0 Å². The summed E-state index contributed by atoms with van der Waals surface area (Å²) < 4.78 is 0. The van der Waals surface area contributed by atoms with Crippen molar-refractivity contribution in [2.24, 2.45) is 11.0 Å². The Kier molecular flexibility index (Phi) is 8.54. The number of H-pyrrole nitrogens is 1. The number of hydrogen-bond donors (Lipinski definition) is 1. The van der Waals surface area contributed by atoms with Gasteiger partial charge in [-0.3, -0.25) is 4.90 Å². The topological polar surface area (TPSA) is 64.6 Å². The number of nitrogens with one attached hydrogen (secondary N) is 1. The van der Waals surface area contributed by atoms with Crippen LogP contribution in [0.1, 0.15) is 61.0 Å². The molecular weight excluding hydrogens is 554 g/mol. The van der Waals surface area contributed by atoms with E-state index in [1.807, 2.05) is 29.3 Å². The molecule has 5 aromatic rings. The lowest BCUT2D eigenvalue weighted by Gasteiger charge is -2.27. The average molecular weight is 594 g/mol. The quantitative estimate of drug-likeness (QED) is 0.185. The number of nitrogens with zero attached hydrogens (tertiary/aromatic N) is 4. The van der Waals surface area contributed by atoms with E-state index in [1.165, 1.54) is 24.8 Å². The van der Waals surface area contributed by atoms with Crippen LogP contribution < -0.4 is 4.90 Å². The molecule has 1 aliphatic carbocycles. The minimum Gasteiger partial charge on any atom is -0.349 e. The number of rotatable bonds is 9. The van der Waals surface area contributed by atoms with E-state index >= 15 is 0 Å². The lowest BCUT2D eigenvalue weighted by molar-refractivity contribution is 0.207. The molecule has 4 aromatic carbocycles. The van der Waals surface area contributed by atoms with Gasteiger partial charge in [0.1, 0.15) is 5.82 Å². The summed E-state index contributed by atoms with van der Waals surface area (Å²) >= 11 is 0. The highest BCUT2D eigenvalue weighted by Gasteiger charge is 2.34. The third kappa shape index (κ3) is 6.32. The van der Waals surface area contributed by atoms with Crippen molar-refractivity contribution in [2.45, 2.75) is 57.9 Å². The smallest absolute Gasteiger partial charge is 0.349 e. The Bertz CT molecular complexity index is 1760. The number of carbonyl (C=O) groups is 1. The molecule has 2 aliphatic rings. The summed E-state index contributed by atoms with van der Waals surface area (Å²) in [6.07, 6.45) is 12.4. The summed E-state index contributed by atoms with van der Waals surface area (Å²) in [7, 11) is 0. The van der Waals surface area contributed by atoms with E-state index in [0.29, 0.717) is 12.5 Å². The van der Waals surface area contributed by atoms with E-state index in [2.05, 4.69) is 94.9 Å². The number of amides is 2. The maximum atomic E-state index is 14.7. The van der Waals surface area contributed by atoms with E-state index in [9.17, 15) is 4.79 Å². The zero-order valence-electron chi connectivity index (χ0n) is 25.6. The summed E-state index contributed by atoms with van der Waals surface area (Å²) in [6.45, 7) is 0.384. The van der Waals surface area contributed by atoms with Crippen molar-refractivity contribution >= 4 is 23.1 Å². The van der Waals surface area contributed by atoms with Crippen molar-refractivity contribution in [3.05, 3.63) is 138 Å². The number of aromatic amines is 1. The monoisotopic (exact) mass is 593 g/mol. The molecular formula is C39H39N5O. The number of urea groups is 1. The van der Waals surface area contributed by atoms with E-state index in [1.54, 1.807) is 11.2 Å². The van der Waals surface area contributed by atoms with Gasteiger partial charge in [0.2, 0.25) is 0 Å². The normalized spacial score (nSPS) is 15.5. The maximum Gasteiger partial charge on any atom is 0.349 e. The van der Waals surface area contributed by atoms with Gasteiger partial charge >= 0.3 is 6.03 Å². The number of imidazole rings is 1. The van der Waals surface area contributed by atoms with E-state index in [4.69, 9.17) is 5.10 Å². The third-order valence-corrected chi connectivity index (χ3v) is 9.10. The first-order valence-corrected chi connectivity index (χ1v) is 16.2. The van der Waals surface area contributed by atoms with Crippen molar-refractivity contribution in [2.75, 3.05) is 4.90 Å². The van der Waals surface area contributed by atoms with E-state index < -0.39 is 0 Å². The lowest BCUT2D eigenvalue weighted by Crippen LogP contribution is -2.37. The molecule has 45 heavy (non-hydrogen) atoms. The Balaban J connectivity index is 1.25. The highest BCUT2D eigenvalue weighted by Crippen LogP contribution is 2.38. The highest BCUT2D eigenvalue weighted by molar-refractivity contribution is 6.13. The van der Waals surface area contributed by atoms with Gasteiger partial charge in [-0.15, -0.1) is 0 Å². The number of fused-ring (bicyclic) bond motifs is 1. The molecule has 0 bridgehead atoms. The van der Waals surface area contributed by atoms with Gasteiger partial charge in [0.25, 0.3) is 0 Å². The van der Waals surface area contributed by atoms with Crippen molar-refractivity contribution < 1.29 is 4.79 Å². The van der Waals surface area contributed by atoms with Gasteiger partial charge in [-0.05, 0) is 66.1 Å². The number of anilines is 2. The lowest BCUT2D eigenvalue weighted by atomic mass is 9.83. The van der Waals surface area contributed by atoms with Crippen LogP contribution in [0.25, 0.3) is 11.1 Å². The molecule has 0 atom stereocenters. The molecule has 0 radical (unpaired) electrons. The molecule has 1 fully saturated rings. The fourth-order valence-electron chi connectivity index (χ4n) is 6.79. The number of aryl methyl sites for hydroxylation is 2. The summed E-state index contributed by atoms with van der Waals surface area (Å²) in [6, 6.07) is 35.4. The second-order valence-corrected chi connectivity index (χ2v) is 12.1. The zero-order chi connectivity index (χ0) is 30.4. The molecule has 6 nitrogen and oxygen atoms in total. The number of para-hydroxylation sites is 1. The molecule has 6 heteroatoms. The Morgan fingerprint density at radius 1 is 0.756 bits per heavy atom. The Morgan fingerprint density at radius 2 is 1.49 bits per heavy atom. The average Bonchev–Trinajstić information content (AvgIpc) is 3.58. The Morgan fingerprint density at radius 3 is 2.27 bits per heavy atom. The van der Waals surface area contributed by atoms with Gasteiger partial charge in [0, 0.05) is 30.3 Å². The molecule has 0 spiro atoms. The fraction of sp³-hybridized carbons (Fsp3) is 0.256. The first-order chi connectivity index (χ1) is 22.2. The minimum absolute atomic E-state index is 0.137. The van der Waals surface area contributed by atoms with Crippen molar-refractivity contribution in [3.63, 3.8) is 0 Å². The van der Waals surface area contributed by atoms with Crippen LogP contribution in [-0.4, -0.2) is 26.7 Å². The first-order valence-electron chi connectivity index (χ1n) is 16.2. The third-order valence-electron chi connectivity index (χ3n) is 9.10. The van der Waals surface area contributed by atoms with Gasteiger partial charge in [-0.25, -0.2) is 14.8 Å². The molecule has 0 saturated heterocycles. The van der Waals surface area contributed by atoms with Crippen molar-refractivity contribution in [1.29, 1.82) is 0 Å². The minimum atomic E-state index is -0.137. The molecule has 1 aliphatic heterocycles. The summed E-state index contributed by atoms with van der Waals surface area (Å²) in [5.41, 5.74) is 8.41. The molecule has 1 saturated carbocycles. The van der Waals surface area contributed by atoms with Crippen LogP contribution in [0.15, 0.2) is 121 Å². The van der Waals surface area contributed by atoms with Crippen LogP contribution in [-0.2, 0) is 19.4 Å². The van der Waals surface area contributed by atoms with Crippen LogP contribution >= 0.6 is 0 Å². The van der Waals surface area contributed by atoms with Gasteiger partial charge in [-0.2, -0.15) is 5.10 Å². The molecule has 0 unspecified atom stereocenters. The predicted octanol–water partition coefficient (Wildman–Crippen LogP) is 9.31. The number of benzene rings is 4. The first kappa shape index (κ1) is 28.8. The second kappa shape index (κ2) is 13.3. The van der Waals surface area contributed by atoms with Crippen molar-refractivity contribution in [3.8, 4) is 11.1 Å². The highest BCUT2D eigenvalue weighted by atomic mass is 16.2.